The largest absolute Gasteiger partial charge is 0.507 e. The first kappa shape index (κ1) is 18.3. The number of likely N-dealkylation sites (tertiary alicyclic amines) is 2. The van der Waals surface area contributed by atoms with Crippen LogP contribution in [0.4, 0.5) is 0 Å². The molecule has 2 aliphatic heterocycles. The quantitative estimate of drug-likeness (QED) is 0.867. The van der Waals surface area contributed by atoms with Gasteiger partial charge in [-0.05, 0) is 50.7 Å². The number of hydrogen-bond acceptors (Lipinski definition) is 3. The second-order valence-electron chi connectivity index (χ2n) is 8.76. The predicted molar refractivity (Wildman–Crippen MR) is 104 cm³/mol. The summed E-state index contributed by atoms with van der Waals surface area (Å²) < 4.78 is 0. The smallest absolute Gasteiger partial charge is 0.257 e. The molecular weight excluding hydrogens is 340 g/mol. The Labute approximate surface area is 161 Å². The maximum Gasteiger partial charge on any atom is 0.257 e. The molecule has 146 valence electrons. The molecule has 1 saturated carbocycles. The van der Waals surface area contributed by atoms with E-state index >= 15 is 0 Å². The standard InChI is InChI=1S/C22H30N2O3/c1-16-6-4-9-18(20(16)26)21(27)23-13-5-11-22(14-23)12-10-19(25)24(15-22)17-7-2-3-8-17/h4,6,9,17,26H,2-3,5,7-8,10-15H2,1H3. The summed E-state index contributed by atoms with van der Waals surface area (Å²) in [5.74, 6) is 0.306. The van der Waals surface area contributed by atoms with Crippen molar-refractivity contribution in [3.05, 3.63) is 29.3 Å². The van der Waals surface area contributed by atoms with E-state index in [4.69, 9.17) is 0 Å². The lowest BCUT2D eigenvalue weighted by Gasteiger charge is -2.49. The van der Waals surface area contributed by atoms with E-state index in [0.717, 1.165) is 50.8 Å². The second kappa shape index (κ2) is 7.17. The monoisotopic (exact) mass is 370 g/mol. The SMILES string of the molecule is Cc1cccc(C(=O)N2CCCC3(CCC(=O)N(C4CCCC4)C3)C2)c1O. The number of rotatable bonds is 2. The number of aryl methyl sites for hydroxylation is 1. The van der Waals surface area contributed by atoms with Crippen LogP contribution >= 0.6 is 0 Å². The fourth-order valence-electron chi connectivity index (χ4n) is 5.31. The van der Waals surface area contributed by atoms with E-state index < -0.39 is 0 Å². The Bertz CT molecular complexity index is 741. The predicted octanol–water partition coefficient (Wildman–Crippen LogP) is 3.49. The van der Waals surface area contributed by atoms with Crippen LogP contribution in [0.2, 0.25) is 0 Å². The summed E-state index contributed by atoms with van der Waals surface area (Å²) in [6, 6.07) is 5.75. The maximum absolute atomic E-state index is 13.1. The highest BCUT2D eigenvalue weighted by Crippen LogP contribution is 2.41. The van der Waals surface area contributed by atoms with Gasteiger partial charge in [-0.15, -0.1) is 0 Å². The molecule has 1 aromatic rings. The molecule has 2 saturated heterocycles. The van der Waals surface area contributed by atoms with Gasteiger partial charge in [-0.25, -0.2) is 0 Å². The molecule has 2 heterocycles. The van der Waals surface area contributed by atoms with Crippen LogP contribution in [0.5, 0.6) is 5.75 Å². The van der Waals surface area contributed by atoms with E-state index in [1.54, 1.807) is 6.07 Å². The number of benzene rings is 1. The molecule has 0 aromatic heterocycles. The van der Waals surface area contributed by atoms with Crippen molar-refractivity contribution in [1.82, 2.24) is 9.80 Å². The molecule has 0 radical (unpaired) electrons. The van der Waals surface area contributed by atoms with Crippen LogP contribution in [0.15, 0.2) is 18.2 Å². The average Bonchev–Trinajstić information content (AvgIpc) is 3.20. The second-order valence-corrected chi connectivity index (χ2v) is 8.76. The Hall–Kier alpha value is -2.04. The zero-order valence-electron chi connectivity index (χ0n) is 16.2. The molecule has 1 N–H and O–H groups in total. The van der Waals surface area contributed by atoms with Crippen LogP contribution in [-0.2, 0) is 4.79 Å². The van der Waals surface area contributed by atoms with Gasteiger partial charge in [-0.3, -0.25) is 9.59 Å². The number of piperidine rings is 2. The van der Waals surface area contributed by atoms with Gasteiger partial charge in [-0.2, -0.15) is 0 Å². The number of phenolic OH excluding ortho intramolecular Hbond substituents is 1. The van der Waals surface area contributed by atoms with Gasteiger partial charge in [0.15, 0.2) is 0 Å². The molecule has 5 nitrogen and oxygen atoms in total. The first-order valence-corrected chi connectivity index (χ1v) is 10.4. The van der Waals surface area contributed by atoms with E-state index in [1.165, 1.54) is 12.8 Å². The lowest BCUT2D eigenvalue weighted by Crippen LogP contribution is -2.56. The Balaban J connectivity index is 1.52. The van der Waals surface area contributed by atoms with Gasteiger partial charge < -0.3 is 14.9 Å². The first-order valence-electron chi connectivity index (χ1n) is 10.4. The number of carbonyl (C=O) groups is 2. The van der Waals surface area contributed by atoms with Gasteiger partial charge in [-0.1, -0.05) is 25.0 Å². The molecule has 1 unspecified atom stereocenters. The number of nitrogens with zero attached hydrogens (tertiary/aromatic N) is 2. The van der Waals surface area contributed by atoms with E-state index in [1.807, 2.05) is 24.0 Å². The van der Waals surface area contributed by atoms with E-state index in [0.29, 0.717) is 30.5 Å². The normalized spacial score (nSPS) is 26.8. The van der Waals surface area contributed by atoms with Crippen LogP contribution in [0.25, 0.3) is 0 Å². The van der Waals surface area contributed by atoms with Crippen molar-refractivity contribution < 1.29 is 14.7 Å². The first-order chi connectivity index (χ1) is 13.0. The summed E-state index contributed by atoms with van der Waals surface area (Å²) in [4.78, 5) is 29.7. The lowest BCUT2D eigenvalue weighted by molar-refractivity contribution is -0.142. The number of carbonyl (C=O) groups excluding carboxylic acids is 2. The minimum atomic E-state index is -0.0837. The molecule has 0 bridgehead atoms. The van der Waals surface area contributed by atoms with Gasteiger partial charge in [0.25, 0.3) is 5.91 Å². The molecule has 1 aromatic carbocycles. The number of para-hydroxylation sites is 1. The fraction of sp³-hybridized carbons (Fsp3) is 0.636. The van der Waals surface area contributed by atoms with Crippen LogP contribution in [0, 0.1) is 12.3 Å². The summed E-state index contributed by atoms with van der Waals surface area (Å²) in [7, 11) is 0. The Morgan fingerprint density at radius 3 is 2.70 bits per heavy atom. The molecule has 5 heteroatoms. The van der Waals surface area contributed by atoms with Gasteiger partial charge in [0.1, 0.15) is 5.75 Å². The topological polar surface area (TPSA) is 60.9 Å². The lowest BCUT2D eigenvalue weighted by atomic mass is 9.73. The molecule has 1 atom stereocenters. The van der Waals surface area contributed by atoms with Crippen LogP contribution in [0.3, 0.4) is 0 Å². The molecule has 4 rings (SSSR count). The number of amides is 2. The highest BCUT2D eigenvalue weighted by Gasteiger charge is 2.44. The summed E-state index contributed by atoms with van der Waals surface area (Å²) in [5, 5.41) is 10.3. The van der Waals surface area contributed by atoms with Crippen molar-refractivity contribution in [2.75, 3.05) is 19.6 Å². The summed E-state index contributed by atoms with van der Waals surface area (Å²) >= 11 is 0. The molecule has 3 aliphatic rings. The summed E-state index contributed by atoms with van der Waals surface area (Å²) in [6.07, 6.45) is 8.21. The zero-order valence-corrected chi connectivity index (χ0v) is 16.2. The molecule has 2 amide bonds. The van der Waals surface area contributed by atoms with Crippen LogP contribution < -0.4 is 0 Å². The minimum absolute atomic E-state index is 0.0177. The van der Waals surface area contributed by atoms with E-state index in [2.05, 4.69) is 4.90 Å². The maximum atomic E-state index is 13.1. The Kier molecular flexibility index (Phi) is 4.87. The number of hydrogen-bond donors (Lipinski definition) is 1. The third kappa shape index (κ3) is 3.44. The molecule has 3 fully saturated rings. The van der Waals surface area contributed by atoms with Gasteiger partial charge in [0.2, 0.25) is 5.91 Å². The average molecular weight is 370 g/mol. The highest BCUT2D eigenvalue weighted by atomic mass is 16.3. The van der Waals surface area contributed by atoms with Crippen molar-refractivity contribution in [3.8, 4) is 5.75 Å². The van der Waals surface area contributed by atoms with Crippen molar-refractivity contribution in [1.29, 1.82) is 0 Å². The number of phenols is 1. The number of aromatic hydroxyl groups is 1. The van der Waals surface area contributed by atoms with Gasteiger partial charge >= 0.3 is 0 Å². The van der Waals surface area contributed by atoms with Crippen molar-refractivity contribution in [2.45, 2.75) is 64.3 Å². The minimum Gasteiger partial charge on any atom is -0.507 e. The molecule has 27 heavy (non-hydrogen) atoms. The molecule has 1 aliphatic carbocycles. The van der Waals surface area contributed by atoms with Gasteiger partial charge in [0.05, 0.1) is 5.56 Å². The fourth-order valence-corrected chi connectivity index (χ4v) is 5.31. The van der Waals surface area contributed by atoms with Crippen molar-refractivity contribution in [2.24, 2.45) is 5.41 Å². The van der Waals surface area contributed by atoms with Crippen molar-refractivity contribution in [3.63, 3.8) is 0 Å². The summed E-state index contributed by atoms with van der Waals surface area (Å²) in [6.45, 7) is 4.02. The van der Waals surface area contributed by atoms with Crippen LogP contribution in [0.1, 0.15) is 67.3 Å². The molecule has 1 spiro atoms. The zero-order chi connectivity index (χ0) is 19.0. The third-order valence-electron chi connectivity index (χ3n) is 6.88. The summed E-state index contributed by atoms with van der Waals surface area (Å²) in [5.41, 5.74) is 1.14. The highest BCUT2D eigenvalue weighted by molar-refractivity contribution is 5.97. The molecular formula is C22H30N2O3. The van der Waals surface area contributed by atoms with E-state index in [-0.39, 0.29) is 17.1 Å². The van der Waals surface area contributed by atoms with Gasteiger partial charge in [0, 0.05) is 37.5 Å². The third-order valence-corrected chi connectivity index (χ3v) is 6.88. The Morgan fingerprint density at radius 1 is 1.15 bits per heavy atom. The van der Waals surface area contributed by atoms with E-state index in [9.17, 15) is 14.7 Å². The van der Waals surface area contributed by atoms with Crippen LogP contribution in [-0.4, -0.2) is 52.4 Å². The Morgan fingerprint density at radius 2 is 1.93 bits per heavy atom. The van der Waals surface area contributed by atoms with Crippen molar-refractivity contribution >= 4 is 11.8 Å².